The quantitative estimate of drug-likeness (QED) is 0.863. The Kier molecular flexibility index (Phi) is 5.69. The van der Waals surface area contributed by atoms with Crippen LogP contribution in [0, 0.1) is 0 Å². The zero-order valence-corrected chi connectivity index (χ0v) is 13.9. The number of benzene rings is 2. The van der Waals surface area contributed by atoms with Crippen LogP contribution in [-0.4, -0.2) is 12.0 Å². The van der Waals surface area contributed by atoms with Crippen LogP contribution in [0.3, 0.4) is 0 Å². The summed E-state index contributed by atoms with van der Waals surface area (Å²) in [6.45, 7) is 3.62. The molecule has 2 aromatic carbocycles. The van der Waals surface area contributed by atoms with Crippen molar-refractivity contribution in [3.05, 3.63) is 64.1 Å². The molecule has 2 atom stereocenters. The smallest absolute Gasteiger partial charge is 0.261 e. The predicted octanol–water partition coefficient (Wildman–Crippen LogP) is 4.64. The molecule has 0 saturated heterocycles. The van der Waals surface area contributed by atoms with Gasteiger partial charge in [-0.3, -0.25) is 4.79 Å². The van der Waals surface area contributed by atoms with Crippen molar-refractivity contribution in [3.63, 3.8) is 0 Å². The molecule has 1 N–H and O–H groups in total. The van der Waals surface area contributed by atoms with Crippen LogP contribution < -0.4 is 10.1 Å². The monoisotopic (exact) mass is 337 g/mol. The third-order valence-electron chi connectivity index (χ3n) is 3.22. The van der Waals surface area contributed by atoms with E-state index in [1.54, 1.807) is 43.3 Å². The van der Waals surface area contributed by atoms with E-state index >= 15 is 0 Å². The lowest BCUT2D eigenvalue weighted by Gasteiger charge is -2.19. The van der Waals surface area contributed by atoms with E-state index in [4.69, 9.17) is 27.9 Å². The summed E-state index contributed by atoms with van der Waals surface area (Å²) in [7, 11) is 0. The third-order valence-corrected chi connectivity index (χ3v) is 3.73. The molecule has 0 saturated carbocycles. The second-order valence-electron chi connectivity index (χ2n) is 5.00. The Balaban J connectivity index is 1.93. The number of amides is 1. The number of hydrogen-bond acceptors (Lipinski definition) is 2. The largest absolute Gasteiger partial charge is 0.481 e. The molecule has 0 aromatic heterocycles. The zero-order chi connectivity index (χ0) is 16.1. The third kappa shape index (κ3) is 4.65. The van der Waals surface area contributed by atoms with Gasteiger partial charge in [0.2, 0.25) is 0 Å². The Labute approximate surface area is 140 Å². The van der Waals surface area contributed by atoms with Crippen LogP contribution in [0.15, 0.2) is 48.5 Å². The number of nitrogens with one attached hydrogen (secondary N) is 1. The van der Waals surface area contributed by atoms with E-state index in [1.807, 2.05) is 19.1 Å². The summed E-state index contributed by atoms with van der Waals surface area (Å²) >= 11 is 11.7. The second kappa shape index (κ2) is 7.52. The molecule has 0 radical (unpaired) electrons. The van der Waals surface area contributed by atoms with Crippen molar-refractivity contribution >= 4 is 29.1 Å². The molecule has 0 aliphatic heterocycles. The lowest BCUT2D eigenvalue weighted by Crippen LogP contribution is -2.37. The Morgan fingerprint density at radius 2 is 1.45 bits per heavy atom. The van der Waals surface area contributed by atoms with Crippen molar-refractivity contribution in [1.29, 1.82) is 0 Å². The van der Waals surface area contributed by atoms with Crippen LogP contribution in [0.4, 0.5) is 0 Å². The van der Waals surface area contributed by atoms with Crippen molar-refractivity contribution in [2.75, 3.05) is 0 Å². The first-order valence-corrected chi connectivity index (χ1v) is 7.69. The lowest BCUT2D eigenvalue weighted by atomic mass is 10.1. The van der Waals surface area contributed by atoms with Gasteiger partial charge in [-0.2, -0.15) is 0 Å². The average Bonchev–Trinajstić information content (AvgIpc) is 2.50. The summed E-state index contributed by atoms with van der Waals surface area (Å²) in [5.74, 6) is 0.420. The molecule has 22 heavy (non-hydrogen) atoms. The van der Waals surface area contributed by atoms with Gasteiger partial charge in [-0.15, -0.1) is 0 Å². The van der Waals surface area contributed by atoms with Gasteiger partial charge in [-0.05, 0) is 55.8 Å². The minimum Gasteiger partial charge on any atom is -0.481 e. The highest BCUT2D eigenvalue weighted by molar-refractivity contribution is 6.30. The maximum absolute atomic E-state index is 12.2. The fraction of sp³-hybridized carbons (Fsp3) is 0.235. The molecular weight excluding hydrogens is 321 g/mol. The molecular formula is C17H17Cl2NO2. The van der Waals surface area contributed by atoms with Crippen molar-refractivity contribution in [1.82, 2.24) is 5.32 Å². The number of carbonyl (C=O) groups excluding carboxylic acids is 1. The summed E-state index contributed by atoms with van der Waals surface area (Å²) in [5.41, 5.74) is 0.983. The van der Waals surface area contributed by atoms with Crippen LogP contribution in [0.1, 0.15) is 25.5 Å². The summed E-state index contributed by atoms with van der Waals surface area (Å²) in [4.78, 5) is 12.2. The highest BCUT2D eigenvalue weighted by atomic mass is 35.5. The molecule has 0 spiro atoms. The molecule has 0 bridgehead atoms. The average molecular weight is 338 g/mol. The number of rotatable bonds is 5. The van der Waals surface area contributed by atoms with Gasteiger partial charge in [-0.1, -0.05) is 35.3 Å². The topological polar surface area (TPSA) is 38.3 Å². The SMILES string of the molecule is C[C@H](NC(=O)[C@@H](C)Oc1ccc(Cl)cc1)c1ccc(Cl)cc1. The first-order chi connectivity index (χ1) is 10.5. The maximum Gasteiger partial charge on any atom is 0.261 e. The van der Waals surface area contributed by atoms with E-state index in [9.17, 15) is 4.79 Å². The second-order valence-corrected chi connectivity index (χ2v) is 5.87. The molecule has 1 amide bonds. The Morgan fingerprint density at radius 1 is 0.955 bits per heavy atom. The van der Waals surface area contributed by atoms with E-state index in [0.29, 0.717) is 15.8 Å². The molecule has 0 aliphatic carbocycles. The first-order valence-electron chi connectivity index (χ1n) is 6.94. The van der Waals surface area contributed by atoms with Crippen molar-refractivity contribution in [3.8, 4) is 5.75 Å². The van der Waals surface area contributed by atoms with Crippen molar-refractivity contribution in [2.45, 2.75) is 26.0 Å². The Morgan fingerprint density at radius 3 is 2.00 bits per heavy atom. The summed E-state index contributed by atoms with van der Waals surface area (Å²) in [6, 6.07) is 14.1. The normalized spacial score (nSPS) is 13.3. The highest BCUT2D eigenvalue weighted by Gasteiger charge is 2.17. The van der Waals surface area contributed by atoms with Crippen LogP contribution in [0.25, 0.3) is 0 Å². The fourth-order valence-electron chi connectivity index (χ4n) is 1.94. The lowest BCUT2D eigenvalue weighted by molar-refractivity contribution is -0.127. The molecule has 0 heterocycles. The maximum atomic E-state index is 12.2. The highest BCUT2D eigenvalue weighted by Crippen LogP contribution is 2.18. The van der Waals surface area contributed by atoms with Crippen molar-refractivity contribution in [2.24, 2.45) is 0 Å². The number of ether oxygens (including phenoxy) is 1. The molecule has 116 valence electrons. The van der Waals surface area contributed by atoms with Gasteiger partial charge in [0.1, 0.15) is 5.75 Å². The van der Waals surface area contributed by atoms with Gasteiger partial charge in [-0.25, -0.2) is 0 Å². The van der Waals surface area contributed by atoms with Crippen LogP contribution >= 0.6 is 23.2 Å². The number of carbonyl (C=O) groups is 1. The first kappa shape index (κ1) is 16.7. The molecule has 2 rings (SSSR count). The van der Waals surface area contributed by atoms with Gasteiger partial charge in [0.05, 0.1) is 6.04 Å². The number of halogens is 2. The van der Waals surface area contributed by atoms with Crippen molar-refractivity contribution < 1.29 is 9.53 Å². The summed E-state index contributed by atoms with van der Waals surface area (Å²) < 4.78 is 5.60. The molecule has 0 fully saturated rings. The van der Waals surface area contributed by atoms with E-state index in [-0.39, 0.29) is 11.9 Å². The Hall–Kier alpha value is -1.71. The molecule has 0 aliphatic rings. The molecule has 2 aromatic rings. The van der Waals surface area contributed by atoms with Gasteiger partial charge in [0.15, 0.2) is 6.10 Å². The molecule has 5 heteroatoms. The molecule has 3 nitrogen and oxygen atoms in total. The van der Waals surface area contributed by atoms with Gasteiger partial charge in [0, 0.05) is 10.0 Å². The molecule has 0 unspecified atom stereocenters. The predicted molar refractivity (Wildman–Crippen MR) is 89.6 cm³/mol. The minimum atomic E-state index is -0.601. The van der Waals surface area contributed by atoms with Gasteiger partial charge >= 0.3 is 0 Å². The minimum absolute atomic E-state index is 0.124. The summed E-state index contributed by atoms with van der Waals surface area (Å²) in [6.07, 6.45) is -0.601. The van der Waals surface area contributed by atoms with Gasteiger partial charge < -0.3 is 10.1 Å². The Bertz CT molecular complexity index is 626. The fourth-order valence-corrected chi connectivity index (χ4v) is 2.19. The zero-order valence-electron chi connectivity index (χ0n) is 12.3. The summed E-state index contributed by atoms with van der Waals surface area (Å²) in [5, 5.41) is 4.21. The number of hydrogen-bond donors (Lipinski definition) is 1. The standard InChI is InChI=1S/C17H17Cl2NO2/c1-11(13-3-5-14(18)6-4-13)20-17(21)12(2)22-16-9-7-15(19)8-10-16/h3-12H,1-2H3,(H,20,21)/t11-,12+/m0/s1. The van der Waals surface area contributed by atoms with Crippen LogP contribution in [0.5, 0.6) is 5.75 Å². The van der Waals surface area contributed by atoms with E-state index in [2.05, 4.69) is 5.32 Å². The van der Waals surface area contributed by atoms with E-state index in [0.717, 1.165) is 5.56 Å². The van der Waals surface area contributed by atoms with Crippen LogP contribution in [-0.2, 0) is 4.79 Å². The van der Waals surface area contributed by atoms with Crippen LogP contribution in [0.2, 0.25) is 10.0 Å². The van der Waals surface area contributed by atoms with E-state index < -0.39 is 6.10 Å². The van der Waals surface area contributed by atoms with Gasteiger partial charge in [0.25, 0.3) is 5.91 Å². The van der Waals surface area contributed by atoms with E-state index in [1.165, 1.54) is 0 Å².